The maximum absolute atomic E-state index is 10.9. The molecular weight excluding hydrogens is 376 g/mol. The van der Waals surface area contributed by atoms with E-state index in [9.17, 15) is 5.11 Å². The number of hydrogen-bond donors (Lipinski definition) is 1. The average Bonchev–Trinajstić information content (AvgIpc) is 2.86. The van der Waals surface area contributed by atoms with Crippen molar-refractivity contribution >= 4 is 0 Å². The zero-order valence-electron chi connectivity index (χ0n) is 17.1. The van der Waals surface area contributed by atoms with E-state index in [1.54, 1.807) is 0 Å². The van der Waals surface area contributed by atoms with Gasteiger partial charge in [0.05, 0.1) is 0 Å². The number of phenols is 1. The molecule has 0 aliphatic rings. The fourth-order valence-corrected chi connectivity index (χ4v) is 3.96. The largest absolute Gasteiger partial charge is 0.507 e. The number of phenolic OH excluding ortho intramolecular Hbond substituents is 1. The van der Waals surface area contributed by atoms with Crippen LogP contribution >= 0.6 is 0 Å². The molecule has 0 amide bonds. The topological polar surface area (TPSA) is 20.2 Å². The van der Waals surface area contributed by atoms with Gasteiger partial charge in [-0.05, 0) is 33.4 Å². The van der Waals surface area contributed by atoms with Gasteiger partial charge in [0.2, 0.25) is 0 Å². The Morgan fingerprint density at radius 1 is 0.290 bits per heavy atom. The van der Waals surface area contributed by atoms with E-state index in [2.05, 4.69) is 72.8 Å². The van der Waals surface area contributed by atoms with Gasteiger partial charge in [-0.1, -0.05) is 127 Å². The average molecular weight is 399 g/mol. The summed E-state index contributed by atoms with van der Waals surface area (Å²) >= 11 is 0. The van der Waals surface area contributed by atoms with Gasteiger partial charge < -0.3 is 5.11 Å². The smallest absolute Gasteiger partial charge is 0.131 e. The van der Waals surface area contributed by atoms with E-state index in [1.807, 2.05) is 54.6 Å². The zero-order chi connectivity index (χ0) is 21.0. The highest BCUT2D eigenvalue weighted by Crippen LogP contribution is 2.38. The minimum atomic E-state index is 0.314. The van der Waals surface area contributed by atoms with Crippen molar-refractivity contribution in [1.29, 1.82) is 0 Å². The maximum Gasteiger partial charge on any atom is 0.131 e. The lowest BCUT2D eigenvalue weighted by atomic mass is 9.95. The molecule has 0 radical (unpaired) electrons. The van der Waals surface area contributed by atoms with E-state index >= 15 is 0 Å². The second-order valence-corrected chi connectivity index (χ2v) is 7.59. The Bertz CT molecular complexity index is 1290. The van der Waals surface area contributed by atoms with Gasteiger partial charge in [-0.2, -0.15) is 0 Å². The van der Waals surface area contributed by atoms with Gasteiger partial charge in [-0.25, -0.2) is 0 Å². The molecule has 1 heteroatoms. The molecule has 0 saturated carbocycles. The number of para-hydroxylation sites is 1. The van der Waals surface area contributed by atoms with E-state index < -0.39 is 0 Å². The molecule has 31 heavy (non-hydrogen) atoms. The highest BCUT2D eigenvalue weighted by atomic mass is 16.3. The summed E-state index contributed by atoms with van der Waals surface area (Å²) in [6.45, 7) is 0. The third-order valence-corrected chi connectivity index (χ3v) is 5.64. The van der Waals surface area contributed by atoms with Crippen molar-refractivity contribution in [2.45, 2.75) is 0 Å². The van der Waals surface area contributed by atoms with Crippen LogP contribution in [0.1, 0.15) is 0 Å². The SMILES string of the molecule is Oc1c(-c2ccccc2)cccc1-c1ccc(-c2ccc(-c3ccccc3)cc2)cc1. The summed E-state index contributed by atoms with van der Waals surface area (Å²) < 4.78 is 0. The van der Waals surface area contributed by atoms with Gasteiger partial charge >= 0.3 is 0 Å². The maximum atomic E-state index is 10.9. The molecule has 5 rings (SSSR count). The summed E-state index contributed by atoms with van der Waals surface area (Å²) in [5.41, 5.74) is 8.46. The third-order valence-electron chi connectivity index (χ3n) is 5.64. The van der Waals surface area contributed by atoms with Crippen molar-refractivity contribution in [3.8, 4) is 50.3 Å². The van der Waals surface area contributed by atoms with Crippen LogP contribution < -0.4 is 0 Å². The molecule has 5 aromatic carbocycles. The number of rotatable bonds is 4. The zero-order valence-corrected chi connectivity index (χ0v) is 17.1. The van der Waals surface area contributed by atoms with Crippen LogP contribution in [0.5, 0.6) is 5.75 Å². The van der Waals surface area contributed by atoms with Gasteiger partial charge in [-0.3, -0.25) is 0 Å². The van der Waals surface area contributed by atoms with Crippen LogP contribution in [0.2, 0.25) is 0 Å². The minimum absolute atomic E-state index is 0.314. The number of benzene rings is 5. The lowest BCUT2D eigenvalue weighted by Gasteiger charge is -2.11. The van der Waals surface area contributed by atoms with Gasteiger partial charge in [0.15, 0.2) is 0 Å². The van der Waals surface area contributed by atoms with Crippen LogP contribution in [0.25, 0.3) is 44.5 Å². The molecule has 0 unspecified atom stereocenters. The molecule has 0 aromatic heterocycles. The summed E-state index contributed by atoms with van der Waals surface area (Å²) in [5.74, 6) is 0.314. The van der Waals surface area contributed by atoms with Crippen LogP contribution in [0.15, 0.2) is 127 Å². The Hall–Kier alpha value is -4.10. The number of aromatic hydroxyl groups is 1. The van der Waals surface area contributed by atoms with Crippen molar-refractivity contribution in [1.82, 2.24) is 0 Å². The highest BCUT2D eigenvalue weighted by Gasteiger charge is 2.11. The summed E-state index contributed by atoms with van der Waals surface area (Å²) in [6, 6.07) is 43.3. The normalized spacial score (nSPS) is 10.7. The van der Waals surface area contributed by atoms with Gasteiger partial charge in [-0.15, -0.1) is 0 Å². The molecule has 148 valence electrons. The lowest BCUT2D eigenvalue weighted by molar-refractivity contribution is 0.479. The summed E-state index contributed by atoms with van der Waals surface area (Å²) in [4.78, 5) is 0. The molecule has 0 aliphatic carbocycles. The minimum Gasteiger partial charge on any atom is -0.507 e. The molecule has 0 saturated heterocycles. The Morgan fingerprint density at radius 2 is 0.613 bits per heavy atom. The molecule has 0 atom stereocenters. The van der Waals surface area contributed by atoms with Crippen molar-refractivity contribution in [3.63, 3.8) is 0 Å². The van der Waals surface area contributed by atoms with Crippen molar-refractivity contribution in [2.75, 3.05) is 0 Å². The fourth-order valence-electron chi connectivity index (χ4n) is 3.96. The van der Waals surface area contributed by atoms with Crippen molar-refractivity contribution < 1.29 is 5.11 Å². The standard InChI is InChI=1S/C30H22O/c31-30-28(26-10-5-2-6-11-26)12-7-13-29(30)27-20-18-25(19-21-27)24-16-14-23(15-17-24)22-8-3-1-4-9-22/h1-21,31H. The second-order valence-electron chi connectivity index (χ2n) is 7.59. The van der Waals surface area contributed by atoms with Gasteiger partial charge in [0, 0.05) is 11.1 Å². The van der Waals surface area contributed by atoms with E-state index in [0.29, 0.717) is 5.75 Å². The Balaban J connectivity index is 1.43. The summed E-state index contributed by atoms with van der Waals surface area (Å²) in [5, 5.41) is 10.9. The Kier molecular flexibility index (Phi) is 5.08. The van der Waals surface area contributed by atoms with Crippen LogP contribution in [-0.4, -0.2) is 5.11 Å². The molecule has 1 N–H and O–H groups in total. The first-order valence-corrected chi connectivity index (χ1v) is 10.4. The monoisotopic (exact) mass is 398 g/mol. The predicted molar refractivity (Wildman–Crippen MR) is 130 cm³/mol. The van der Waals surface area contributed by atoms with Crippen LogP contribution in [-0.2, 0) is 0 Å². The molecule has 0 aliphatic heterocycles. The number of hydrogen-bond acceptors (Lipinski definition) is 1. The molecule has 1 nitrogen and oxygen atoms in total. The predicted octanol–water partition coefficient (Wildman–Crippen LogP) is 8.06. The first-order chi connectivity index (χ1) is 15.3. The van der Waals surface area contributed by atoms with E-state index in [0.717, 1.165) is 27.8 Å². The van der Waals surface area contributed by atoms with Gasteiger partial charge in [0.25, 0.3) is 0 Å². The molecule has 0 spiro atoms. The quantitative estimate of drug-likeness (QED) is 0.324. The van der Waals surface area contributed by atoms with Crippen molar-refractivity contribution in [3.05, 3.63) is 127 Å². The van der Waals surface area contributed by atoms with E-state index in [-0.39, 0.29) is 0 Å². The first kappa shape index (κ1) is 18.9. The molecule has 5 aromatic rings. The van der Waals surface area contributed by atoms with E-state index in [1.165, 1.54) is 16.7 Å². The highest BCUT2D eigenvalue weighted by molar-refractivity contribution is 5.83. The Morgan fingerprint density at radius 3 is 1.06 bits per heavy atom. The lowest BCUT2D eigenvalue weighted by Crippen LogP contribution is -1.85. The molecular formula is C30H22O. The van der Waals surface area contributed by atoms with Crippen LogP contribution in [0.4, 0.5) is 0 Å². The molecule has 0 heterocycles. The van der Waals surface area contributed by atoms with Crippen LogP contribution in [0.3, 0.4) is 0 Å². The fraction of sp³-hybridized carbons (Fsp3) is 0. The second kappa shape index (κ2) is 8.33. The molecule has 0 fully saturated rings. The Labute approximate surface area is 182 Å². The summed E-state index contributed by atoms with van der Waals surface area (Å²) in [6.07, 6.45) is 0. The third kappa shape index (κ3) is 3.86. The van der Waals surface area contributed by atoms with Crippen molar-refractivity contribution in [2.24, 2.45) is 0 Å². The van der Waals surface area contributed by atoms with E-state index in [4.69, 9.17) is 0 Å². The van der Waals surface area contributed by atoms with Crippen LogP contribution in [0, 0.1) is 0 Å². The summed E-state index contributed by atoms with van der Waals surface area (Å²) in [7, 11) is 0. The molecule has 0 bridgehead atoms. The first-order valence-electron chi connectivity index (χ1n) is 10.4. The van der Waals surface area contributed by atoms with Gasteiger partial charge in [0.1, 0.15) is 5.75 Å².